The van der Waals surface area contributed by atoms with Gasteiger partial charge in [0.15, 0.2) is 0 Å². The van der Waals surface area contributed by atoms with Crippen molar-refractivity contribution in [3.05, 3.63) is 77.4 Å². The van der Waals surface area contributed by atoms with Crippen molar-refractivity contribution in [1.82, 2.24) is 15.1 Å². The van der Waals surface area contributed by atoms with Gasteiger partial charge in [-0.25, -0.2) is 8.78 Å². The van der Waals surface area contributed by atoms with Crippen LogP contribution in [0.3, 0.4) is 0 Å². The molecule has 2 aromatic carbocycles. The average molecular weight is 399 g/mol. The monoisotopic (exact) mass is 399 g/mol. The first kappa shape index (κ1) is 21.1. The van der Waals surface area contributed by atoms with E-state index >= 15 is 0 Å². The summed E-state index contributed by atoms with van der Waals surface area (Å²) in [6.45, 7) is 6.28. The van der Waals surface area contributed by atoms with Crippen molar-refractivity contribution >= 4 is 12.0 Å². The summed E-state index contributed by atoms with van der Waals surface area (Å²) in [5.74, 6) is -1.42. The fourth-order valence-electron chi connectivity index (χ4n) is 3.45. The van der Waals surface area contributed by atoms with Gasteiger partial charge in [-0.3, -0.25) is 14.6 Å². The maximum Gasteiger partial charge on any atom is 0.234 e. The highest BCUT2D eigenvalue weighted by molar-refractivity contribution is 5.78. The molecule has 1 N–H and O–H groups in total. The number of hydrogen-bond donors (Lipinski definition) is 1. The van der Waals surface area contributed by atoms with Crippen LogP contribution >= 0.6 is 0 Å². The quantitative estimate of drug-likeness (QED) is 0.774. The molecule has 0 aliphatic carbocycles. The van der Waals surface area contributed by atoms with E-state index in [1.807, 2.05) is 18.2 Å². The lowest BCUT2D eigenvalue weighted by Gasteiger charge is -2.33. The summed E-state index contributed by atoms with van der Waals surface area (Å²) in [5, 5.41) is 2.80. The molecule has 1 atom stereocenters. The van der Waals surface area contributed by atoms with E-state index in [1.165, 1.54) is 17.7 Å². The van der Waals surface area contributed by atoms with E-state index in [2.05, 4.69) is 39.4 Å². The van der Waals surface area contributed by atoms with Crippen LogP contribution in [0.15, 0.2) is 54.6 Å². The Hall–Kier alpha value is -2.57. The molecule has 1 amide bonds. The number of nitrogens with zero attached hydrogens (tertiary/aromatic N) is 2. The Morgan fingerprint density at radius 1 is 1.07 bits per heavy atom. The standard InChI is InChI=1S/C23H27F2N3O/c1-18(21-10-9-20(24)16-22(21)25)26-23(29)17-28-14-12-27(13-15-28)11-5-8-19-6-3-2-4-7-19/h2-10,16,18H,11-15,17H2,1H3,(H,26,29)/b8-5+/t18-/m0/s1. The number of hydrogen-bond acceptors (Lipinski definition) is 3. The number of nitrogens with one attached hydrogen (secondary N) is 1. The van der Waals surface area contributed by atoms with Crippen LogP contribution in [0, 0.1) is 11.6 Å². The van der Waals surface area contributed by atoms with Gasteiger partial charge in [-0.2, -0.15) is 0 Å². The smallest absolute Gasteiger partial charge is 0.234 e. The molecule has 29 heavy (non-hydrogen) atoms. The SMILES string of the molecule is C[C@H](NC(=O)CN1CCN(C/C=C/c2ccccc2)CC1)c1ccc(F)cc1F. The zero-order chi connectivity index (χ0) is 20.6. The van der Waals surface area contributed by atoms with Gasteiger partial charge in [0.1, 0.15) is 11.6 Å². The van der Waals surface area contributed by atoms with Crippen LogP contribution in [0.4, 0.5) is 8.78 Å². The zero-order valence-corrected chi connectivity index (χ0v) is 16.7. The Bertz CT molecular complexity index is 833. The molecule has 6 heteroatoms. The molecule has 1 aliphatic rings. The van der Waals surface area contributed by atoms with Crippen LogP contribution in [-0.4, -0.2) is 55.0 Å². The van der Waals surface area contributed by atoms with Crippen LogP contribution < -0.4 is 5.32 Å². The van der Waals surface area contributed by atoms with Crippen LogP contribution in [0.1, 0.15) is 24.1 Å². The molecule has 0 bridgehead atoms. The van der Waals surface area contributed by atoms with Gasteiger partial charge >= 0.3 is 0 Å². The second-order valence-corrected chi connectivity index (χ2v) is 7.34. The predicted molar refractivity (Wildman–Crippen MR) is 111 cm³/mol. The number of piperazine rings is 1. The Labute approximate surface area is 170 Å². The molecule has 0 unspecified atom stereocenters. The van der Waals surface area contributed by atoms with Gasteiger partial charge in [-0.15, -0.1) is 0 Å². The lowest BCUT2D eigenvalue weighted by atomic mass is 10.1. The van der Waals surface area contributed by atoms with E-state index in [0.29, 0.717) is 0 Å². The van der Waals surface area contributed by atoms with Crippen LogP contribution in [0.2, 0.25) is 0 Å². The molecule has 1 heterocycles. The molecule has 0 radical (unpaired) electrons. The van der Waals surface area contributed by atoms with Gasteiger partial charge < -0.3 is 5.32 Å². The third-order valence-electron chi connectivity index (χ3n) is 5.11. The highest BCUT2D eigenvalue weighted by atomic mass is 19.1. The van der Waals surface area contributed by atoms with E-state index in [1.54, 1.807) is 6.92 Å². The number of amides is 1. The lowest BCUT2D eigenvalue weighted by molar-refractivity contribution is -0.123. The van der Waals surface area contributed by atoms with Crippen molar-refractivity contribution in [2.24, 2.45) is 0 Å². The normalized spacial score (nSPS) is 16.8. The van der Waals surface area contributed by atoms with Gasteiger partial charge in [-0.1, -0.05) is 48.6 Å². The first-order valence-corrected chi connectivity index (χ1v) is 9.92. The zero-order valence-electron chi connectivity index (χ0n) is 16.7. The van der Waals surface area contributed by atoms with Crippen LogP contribution in [-0.2, 0) is 4.79 Å². The van der Waals surface area contributed by atoms with Crippen LogP contribution in [0.5, 0.6) is 0 Å². The summed E-state index contributed by atoms with van der Waals surface area (Å²) < 4.78 is 26.9. The summed E-state index contributed by atoms with van der Waals surface area (Å²) in [4.78, 5) is 16.8. The minimum absolute atomic E-state index is 0.154. The maximum atomic E-state index is 13.9. The minimum atomic E-state index is -0.644. The largest absolute Gasteiger partial charge is 0.348 e. The third kappa shape index (κ3) is 6.48. The molecule has 0 spiro atoms. The van der Waals surface area contributed by atoms with Crippen molar-refractivity contribution < 1.29 is 13.6 Å². The number of carbonyl (C=O) groups excluding carboxylic acids is 1. The van der Waals surface area contributed by atoms with E-state index in [4.69, 9.17) is 0 Å². The van der Waals surface area contributed by atoms with Gasteiger partial charge in [0.05, 0.1) is 12.6 Å². The molecule has 3 rings (SSSR count). The molecule has 1 aliphatic heterocycles. The van der Waals surface area contributed by atoms with E-state index in [-0.39, 0.29) is 18.0 Å². The molecular weight excluding hydrogens is 372 g/mol. The van der Waals surface area contributed by atoms with Gasteiger partial charge in [0.25, 0.3) is 0 Å². The second kappa shape index (κ2) is 10.3. The summed E-state index contributed by atoms with van der Waals surface area (Å²) >= 11 is 0. The summed E-state index contributed by atoms with van der Waals surface area (Å²) in [6.07, 6.45) is 4.28. The highest BCUT2D eigenvalue weighted by Crippen LogP contribution is 2.17. The third-order valence-corrected chi connectivity index (χ3v) is 5.11. The fraction of sp³-hybridized carbons (Fsp3) is 0.348. The van der Waals surface area contributed by atoms with Crippen molar-refractivity contribution in [2.45, 2.75) is 13.0 Å². The molecule has 1 fully saturated rings. The Balaban J connectivity index is 1.39. The van der Waals surface area contributed by atoms with Crippen molar-refractivity contribution in [2.75, 3.05) is 39.3 Å². The molecule has 1 saturated heterocycles. The van der Waals surface area contributed by atoms with Gasteiger partial charge in [0.2, 0.25) is 5.91 Å². The predicted octanol–water partition coefficient (Wildman–Crippen LogP) is 3.47. The molecule has 4 nitrogen and oxygen atoms in total. The Kier molecular flexibility index (Phi) is 7.49. The maximum absolute atomic E-state index is 13.9. The van der Waals surface area contributed by atoms with E-state index in [9.17, 15) is 13.6 Å². The molecular formula is C23H27F2N3O. The summed E-state index contributed by atoms with van der Waals surface area (Å²) in [7, 11) is 0. The van der Waals surface area contributed by atoms with Gasteiger partial charge in [0, 0.05) is 44.4 Å². The first-order chi connectivity index (χ1) is 14.0. The summed E-state index contributed by atoms with van der Waals surface area (Å²) in [6, 6.07) is 13.1. The number of carbonyl (C=O) groups is 1. The van der Waals surface area contributed by atoms with Gasteiger partial charge in [-0.05, 0) is 18.6 Å². The van der Waals surface area contributed by atoms with E-state index in [0.717, 1.165) is 38.8 Å². The van der Waals surface area contributed by atoms with Crippen molar-refractivity contribution in [3.8, 4) is 0 Å². The Morgan fingerprint density at radius 2 is 1.76 bits per heavy atom. The lowest BCUT2D eigenvalue weighted by Crippen LogP contribution is -2.49. The molecule has 0 aromatic heterocycles. The average Bonchev–Trinajstić information content (AvgIpc) is 2.70. The van der Waals surface area contributed by atoms with Crippen LogP contribution in [0.25, 0.3) is 6.08 Å². The fourth-order valence-corrected chi connectivity index (χ4v) is 3.45. The van der Waals surface area contributed by atoms with Crippen molar-refractivity contribution in [1.29, 1.82) is 0 Å². The second-order valence-electron chi connectivity index (χ2n) is 7.34. The number of halogens is 2. The summed E-state index contributed by atoms with van der Waals surface area (Å²) in [5.41, 5.74) is 1.48. The minimum Gasteiger partial charge on any atom is -0.348 e. The Morgan fingerprint density at radius 3 is 2.45 bits per heavy atom. The molecule has 0 saturated carbocycles. The number of rotatable bonds is 7. The molecule has 154 valence electrons. The topological polar surface area (TPSA) is 35.6 Å². The molecule has 2 aromatic rings. The highest BCUT2D eigenvalue weighted by Gasteiger charge is 2.20. The van der Waals surface area contributed by atoms with Crippen molar-refractivity contribution in [3.63, 3.8) is 0 Å². The van der Waals surface area contributed by atoms with E-state index < -0.39 is 17.7 Å². The first-order valence-electron chi connectivity index (χ1n) is 9.92. The number of benzene rings is 2.